The zero-order valence-corrected chi connectivity index (χ0v) is 17.9. The molecule has 0 N–H and O–H groups in total. The molecule has 1 amide bonds. The van der Waals surface area contributed by atoms with Crippen LogP contribution in [-0.2, 0) is 4.79 Å². The van der Waals surface area contributed by atoms with Crippen molar-refractivity contribution in [2.45, 2.75) is 29.4 Å². The van der Waals surface area contributed by atoms with Crippen LogP contribution in [0.4, 0.5) is 5.69 Å². The van der Waals surface area contributed by atoms with Crippen LogP contribution in [0.1, 0.15) is 19.8 Å². The van der Waals surface area contributed by atoms with Crippen LogP contribution < -0.4 is 9.75 Å². The zero-order valence-electron chi connectivity index (χ0n) is 16.2. The summed E-state index contributed by atoms with van der Waals surface area (Å²) in [5, 5.41) is 7.86. The SMILES string of the molecule is CCCC1=NN(c2ccccc2)C(=O)[C@@H]1Sc1nc(-c2ccc(OC)cc2)cs1. The molecule has 29 heavy (non-hydrogen) atoms. The molecule has 1 aliphatic heterocycles. The van der Waals surface area contributed by atoms with Crippen LogP contribution in [-0.4, -0.2) is 29.0 Å². The molecule has 0 saturated heterocycles. The first-order chi connectivity index (χ1) is 14.2. The molecule has 1 aromatic heterocycles. The van der Waals surface area contributed by atoms with E-state index < -0.39 is 0 Å². The fourth-order valence-electron chi connectivity index (χ4n) is 3.10. The van der Waals surface area contributed by atoms with Crippen LogP contribution in [0.15, 0.2) is 69.4 Å². The van der Waals surface area contributed by atoms with Gasteiger partial charge in [0.25, 0.3) is 5.91 Å². The molecule has 5 nitrogen and oxygen atoms in total. The number of methoxy groups -OCH3 is 1. The number of hydrogen-bond acceptors (Lipinski definition) is 6. The summed E-state index contributed by atoms with van der Waals surface area (Å²) in [7, 11) is 1.65. The fourth-order valence-corrected chi connectivity index (χ4v) is 5.16. The van der Waals surface area contributed by atoms with Gasteiger partial charge in [-0.3, -0.25) is 4.79 Å². The minimum absolute atomic E-state index is 0.00847. The molecule has 2 aromatic carbocycles. The molecule has 1 aliphatic rings. The van der Waals surface area contributed by atoms with Crippen molar-refractivity contribution in [2.75, 3.05) is 12.1 Å². The summed E-state index contributed by atoms with van der Waals surface area (Å²) in [4.78, 5) is 17.8. The van der Waals surface area contributed by atoms with E-state index >= 15 is 0 Å². The second-order valence-corrected chi connectivity index (χ2v) is 8.76. The maximum atomic E-state index is 13.1. The smallest absolute Gasteiger partial charge is 0.266 e. The summed E-state index contributed by atoms with van der Waals surface area (Å²) in [6, 6.07) is 17.4. The van der Waals surface area contributed by atoms with Crippen molar-refractivity contribution < 1.29 is 9.53 Å². The van der Waals surface area contributed by atoms with E-state index in [-0.39, 0.29) is 11.2 Å². The summed E-state index contributed by atoms with van der Waals surface area (Å²) in [5.74, 6) is 0.808. The molecule has 148 valence electrons. The van der Waals surface area contributed by atoms with Crippen LogP contribution in [0.5, 0.6) is 5.75 Å². The third-order valence-electron chi connectivity index (χ3n) is 4.56. The van der Waals surface area contributed by atoms with Crippen molar-refractivity contribution in [1.82, 2.24) is 4.98 Å². The molecule has 0 unspecified atom stereocenters. The highest BCUT2D eigenvalue weighted by molar-refractivity contribution is 8.03. The lowest BCUT2D eigenvalue weighted by atomic mass is 10.1. The van der Waals surface area contributed by atoms with Crippen LogP contribution in [0.2, 0.25) is 0 Å². The van der Waals surface area contributed by atoms with Crippen LogP contribution in [0.25, 0.3) is 11.3 Å². The van der Waals surface area contributed by atoms with Crippen molar-refractivity contribution in [1.29, 1.82) is 0 Å². The van der Waals surface area contributed by atoms with E-state index in [1.807, 2.05) is 60.0 Å². The van der Waals surface area contributed by atoms with E-state index in [9.17, 15) is 4.79 Å². The summed E-state index contributed by atoms with van der Waals surface area (Å²) in [6.07, 6.45) is 1.74. The summed E-state index contributed by atoms with van der Waals surface area (Å²) < 4.78 is 6.08. The Morgan fingerprint density at radius 3 is 2.59 bits per heavy atom. The van der Waals surface area contributed by atoms with Crippen molar-refractivity contribution in [2.24, 2.45) is 5.10 Å². The number of ether oxygens (including phenoxy) is 1. The highest BCUT2D eigenvalue weighted by Gasteiger charge is 2.37. The number of hydrogen-bond donors (Lipinski definition) is 0. The number of aromatic nitrogens is 1. The van der Waals surface area contributed by atoms with Crippen molar-refractivity contribution in [3.8, 4) is 17.0 Å². The number of carbonyl (C=O) groups is 1. The number of para-hydroxylation sites is 1. The van der Waals surface area contributed by atoms with Gasteiger partial charge in [-0.1, -0.05) is 43.3 Å². The topological polar surface area (TPSA) is 54.8 Å². The maximum Gasteiger partial charge on any atom is 0.266 e. The first-order valence-electron chi connectivity index (χ1n) is 9.42. The third-order valence-corrected chi connectivity index (χ3v) is 6.77. The largest absolute Gasteiger partial charge is 0.497 e. The number of anilines is 1. The standard InChI is InChI=1S/C22H21N3O2S2/c1-3-7-18-20(21(26)25(24-18)16-8-5-4-6-9-16)29-22-23-19(14-28-22)15-10-12-17(27-2)13-11-15/h4-6,8-14,20H,3,7H2,1-2H3/t20-/m1/s1. The highest BCUT2D eigenvalue weighted by atomic mass is 32.2. The van der Waals surface area contributed by atoms with Gasteiger partial charge < -0.3 is 4.74 Å². The van der Waals surface area contributed by atoms with Gasteiger partial charge in [0.1, 0.15) is 11.0 Å². The Labute approximate surface area is 178 Å². The molecule has 3 aromatic rings. The monoisotopic (exact) mass is 423 g/mol. The van der Waals surface area contributed by atoms with Crippen LogP contribution >= 0.6 is 23.1 Å². The number of rotatable bonds is 7. The van der Waals surface area contributed by atoms with Crippen molar-refractivity contribution in [3.63, 3.8) is 0 Å². The van der Waals surface area contributed by atoms with Gasteiger partial charge in [0.2, 0.25) is 0 Å². The highest BCUT2D eigenvalue weighted by Crippen LogP contribution is 2.36. The van der Waals surface area contributed by atoms with Crippen molar-refractivity contribution in [3.05, 3.63) is 60.0 Å². The van der Waals surface area contributed by atoms with Crippen LogP contribution in [0.3, 0.4) is 0 Å². The maximum absolute atomic E-state index is 13.1. The molecule has 0 saturated carbocycles. The van der Waals surface area contributed by atoms with Gasteiger partial charge in [-0.2, -0.15) is 10.1 Å². The third kappa shape index (κ3) is 4.21. The number of benzene rings is 2. The molecule has 0 spiro atoms. The molecule has 0 radical (unpaired) electrons. The van der Waals surface area contributed by atoms with Gasteiger partial charge in [0.15, 0.2) is 4.34 Å². The molecule has 7 heteroatoms. The predicted octanol–water partition coefficient (Wildman–Crippen LogP) is 5.48. The predicted molar refractivity (Wildman–Crippen MR) is 120 cm³/mol. The lowest BCUT2D eigenvalue weighted by Crippen LogP contribution is -2.29. The Hall–Kier alpha value is -2.64. The van der Waals surface area contributed by atoms with Gasteiger partial charge in [-0.25, -0.2) is 4.98 Å². The second kappa shape index (κ2) is 8.80. The number of hydrazone groups is 1. The van der Waals surface area contributed by atoms with Crippen molar-refractivity contribution >= 4 is 40.4 Å². The summed E-state index contributed by atoms with van der Waals surface area (Å²) in [5.41, 5.74) is 3.64. The average molecular weight is 424 g/mol. The van der Waals surface area contributed by atoms with E-state index in [1.165, 1.54) is 16.8 Å². The lowest BCUT2D eigenvalue weighted by molar-refractivity contribution is -0.116. The Bertz CT molecular complexity index is 1020. The molecule has 2 heterocycles. The zero-order chi connectivity index (χ0) is 20.2. The number of carbonyl (C=O) groups excluding carboxylic acids is 1. The molecule has 4 rings (SSSR count). The molecular formula is C22H21N3O2S2. The number of thioether (sulfide) groups is 1. The van der Waals surface area contributed by atoms with E-state index in [0.29, 0.717) is 0 Å². The summed E-state index contributed by atoms with van der Waals surface area (Å²) in [6.45, 7) is 2.10. The Kier molecular flexibility index (Phi) is 5.97. The van der Waals surface area contributed by atoms with Gasteiger partial charge in [0, 0.05) is 10.9 Å². The average Bonchev–Trinajstić information content (AvgIpc) is 3.35. The summed E-state index contributed by atoms with van der Waals surface area (Å²) >= 11 is 3.04. The quantitative estimate of drug-likeness (QED) is 0.505. The Balaban J connectivity index is 1.54. The molecule has 0 fully saturated rings. The molecule has 0 bridgehead atoms. The second-order valence-electron chi connectivity index (χ2n) is 6.55. The number of amides is 1. The molecular weight excluding hydrogens is 402 g/mol. The first-order valence-corrected chi connectivity index (χ1v) is 11.2. The van der Waals surface area contributed by atoms with Gasteiger partial charge in [-0.05, 0) is 42.8 Å². The molecule has 0 aliphatic carbocycles. The lowest BCUT2D eigenvalue weighted by Gasteiger charge is -2.13. The fraction of sp³-hybridized carbons (Fsp3) is 0.227. The Morgan fingerprint density at radius 1 is 1.14 bits per heavy atom. The normalized spacial score (nSPS) is 16.2. The van der Waals surface area contributed by atoms with Crippen LogP contribution in [0, 0.1) is 0 Å². The number of nitrogens with zero attached hydrogens (tertiary/aromatic N) is 3. The van der Waals surface area contributed by atoms with E-state index in [2.05, 4.69) is 12.0 Å². The van der Waals surface area contributed by atoms with E-state index in [0.717, 1.165) is 45.6 Å². The Morgan fingerprint density at radius 2 is 1.90 bits per heavy atom. The minimum atomic E-state index is -0.329. The van der Waals surface area contributed by atoms with E-state index in [4.69, 9.17) is 9.72 Å². The minimum Gasteiger partial charge on any atom is -0.497 e. The first kappa shape index (κ1) is 19.7. The van der Waals surface area contributed by atoms with Gasteiger partial charge in [-0.15, -0.1) is 11.3 Å². The van der Waals surface area contributed by atoms with Gasteiger partial charge in [0.05, 0.1) is 24.2 Å². The molecule has 1 atom stereocenters. The van der Waals surface area contributed by atoms with Gasteiger partial charge >= 0.3 is 0 Å². The van der Waals surface area contributed by atoms with E-state index in [1.54, 1.807) is 18.4 Å². The number of thiazole rings is 1.